The summed E-state index contributed by atoms with van der Waals surface area (Å²) in [6, 6.07) is 0.215. The van der Waals surface area contributed by atoms with Crippen molar-refractivity contribution in [3.8, 4) is 0 Å². The molecule has 1 heterocycles. The topological polar surface area (TPSA) is 81.1 Å². The molecule has 1 amide bonds. The first-order chi connectivity index (χ1) is 8.10. The SMILES string of the molecule is CCN(CC)CC1CCCN1C(=O)O.O=CO. The predicted molar refractivity (Wildman–Crippen MR) is 64.2 cm³/mol. The highest BCUT2D eigenvalue weighted by Gasteiger charge is 2.29. The van der Waals surface area contributed by atoms with Crippen LogP contribution in [0.25, 0.3) is 0 Å². The van der Waals surface area contributed by atoms with Gasteiger partial charge in [-0.05, 0) is 25.9 Å². The largest absolute Gasteiger partial charge is 0.483 e. The fourth-order valence-corrected chi connectivity index (χ4v) is 2.06. The lowest BCUT2D eigenvalue weighted by Crippen LogP contribution is -2.42. The first-order valence-electron chi connectivity index (χ1n) is 5.90. The lowest BCUT2D eigenvalue weighted by molar-refractivity contribution is -0.122. The first-order valence-corrected chi connectivity index (χ1v) is 5.90. The molecule has 0 aromatic carbocycles. The van der Waals surface area contributed by atoms with Gasteiger partial charge in [0.1, 0.15) is 0 Å². The van der Waals surface area contributed by atoms with E-state index >= 15 is 0 Å². The zero-order chi connectivity index (χ0) is 13.3. The number of hydrogen-bond donors (Lipinski definition) is 2. The lowest BCUT2D eigenvalue weighted by Gasteiger charge is -2.27. The molecular formula is C11H22N2O4. The molecule has 0 aromatic rings. The van der Waals surface area contributed by atoms with E-state index in [9.17, 15) is 4.79 Å². The number of nitrogens with zero attached hydrogens (tertiary/aromatic N) is 2. The molecule has 0 bridgehead atoms. The third-order valence-corrected chi connectivity index (χ3v) is 2.99. The Balaban J connectivity index is 0.000000770. The Labute approximate surface area is 102 Å². The number of carboxylic acid groups (broad SMARTS) is 2. The Hall–Kier alpha value is -1.30. The van der Waals surface area contributed by atoms with Crippen LogP contribution in [-0.4, -0.2) is 64.8 Å². The summed E-state index contributed by atoms with van der Waals surface area (Å²) in [5, 5.41) is 15.8. The quantitative estimate of drug-likeness (QED) is 0.728. The molecule has 0 aliphatic carbocycles. The van der Waals surface area contributed by atoms with E-state index in [1.54, 1.807) is 4.90 Å². The van der Waals surface area contributed by atoms with E-state index in [2.05, 4.69) is 18.7 Å². The van der Waals surface area contributed by atoms with Crippen LogP contribution >= 0.6 is 0 Å². The van der Waals surface area contributed by atoms with Crippen molar-refractivity contribution >= 4 is 12.6 Å². The standard InChI is InChI=1S/C10H20N2O2.CH2O2/c1-3-11(4-2)8-9-6-5-7-12(9)10(13)14;2-1-3/h9H,3-8H2,1-2H3,(H,13,14);1H,(H,2,3). The second kappa shape index (κ2) is 8.81. The maximum atomic E-state index is 10.9. The summed E-state index contributed by atoms with van der Waals surface area (Å²) in [5.74, 6) is 0. The van der Waals surface area contributed by atoms with E-state index in [4.69, 9.17) is 15.0 Å². The summed E-state index contributed by atoms with van der Waals surface area (Å²) < 4.78 is 0. The number of likely N-dealkylation sites (N-methyl/N-ethyl adjacent to an activating group) is 1. The zero-order valence-corrected chi connectivity index (χ0v) is 10.5. The van der Waals surface area contributed by atoms with Crippen LogP contribution in [0.5, 0.6) is 0 Å². The molecule has 1 unspecified atom stereocenters. The van der Waals surface area contributed by atoms with Crippen LogP contribution in [0.3, 0.4) is 0 Å². The number of rotatable bonds is 4. The minimum Gasteiger partial charge on any atom is -0.483 e. The monoisotopic (exact) mass is 246 g/mol. The lowest BCUT2D eigenvalue weighted by atomic mass is 10.2. The third kappa shape index (κ3) is 5.53. The molecule has 6 nitrogen and oxygen atoms in total. The number of hydrogen-bond acceptors (Lipinski definition) is 3. The molecule has 17 heavy (non-hydrogen) atoms. The van der Waals surface area contributed by atoms with Gasteiger partial charge in [-0.2, -0.15) is 0 Å². The Bertz CT molecular complexity index is 232. The third-order valence-electron chi connectivity index (χ3n) is 2.99. The number of likely N-dealkylation sites (tertiary alicyclic amines) is 1. The number of amides is 1. The maximum Gasteiger partial charge on any atom is 0.407 e. The van der Waals surface area contributed by atoms with E-state index in [1.807, 2.05) is 0 Å². The fraction of sp³-hybridized carbons (Fsp3) is 0.818. The average molecular weight is 246 g/mol. The average Bonchev–Trinajstić information content (AvgIpc) is 2.75. The minimum absolute atomic E-state index is 0.215. The van der Waals surface area contributed by atoms with Crippen LogP contribution in [0.4, 0.5) is 4.79 Å². The van der Waals surface area contributed by atoms with Crippen molar-refractivity contribution in [1.29, 1.82) is 0 Å². The summed E-state index contributed by atoms with van der Waals surface area (Å²) in [7, 11) is 0. The van der Waals surface area contributed by atoms with Crippen LogP contribution in [0.1, 0.15) is 26.7 Å². The van der Waals surface area contributed by atoms with Crippen molar-refractivity contribution in [1.82, 2.24) is 9.80 Å². The van der Waals surface area contributed by atoms with Crippen molar-refractivity contribution in [2.75, 3.05) is 26.2 Å². The van der Waals surface area contributed by atoms with Crippen LogP contribution in [0, 0.1) is 0 Å². The van der Waals surface area contributed by atoms with Gasteiger partial charge in [-0.25, -0.2) is 4.79 Å². The molecule has 1 fully saturated rings. The van der Waals surface area contributed by atoms with E-state index in [0.29, 0.717) is 6.54 Å². The zero-order valence-electron chi connectivity index (χ0n) is 10.5. The Morgan fingerprint density at radius 3 is 2.41 bits per heavy atom. The molecule has 1 atom stereocenters. The van der Waals surface area contributed by atoms with Gasteiger partial charge in [0, 0.05) is 19.1 Å². The molecule has 1 saturated heterocycles. The van der Waals surface area contributed by atoms with Crippen molar-refractivity contribution in [2.45, 2.75) is 32.7 Å². The molecule has 0 aromatic heterocycles. The molecule has 6 heteroatoms. The van der Waals surface area contributed by atoms with Gasteiger partial charge in [-0.3, -0.25) is 4.79 Å². The summed E-state index contributed by atoms with van der Waals surface area (Å²) in [4.78, 5) is 23.1. The van der Waals surface area contributed by atoms with Crippen molar-refractivity contribution in [2.24, 2.45) is 0 Å². The Kier molecular flexibility index (Phi) is 8.13. The second-order valence-corrected chi connectivity index (χ2v) is 3.86. The van der Waals surface area contributed by atoms with Gasteiger partial charge in [0.15, 0.2) is 0 Å². The molecule has 0 saturated carbocycles. The van der Waals surface area contributed by atoms with Crippen LogP contribution < -0.4 is 0 Å². The number of carbonyl (C=O) groups is 2. The predicted octanol–water partition coefficient (Wildman–Crippen LogP) is 1.17. The van der Waals surface area contributed by atoms with E-state index in [1.165, 1.54) is 0 Å². The smallest absolute Gasteiger partial charge is 0.407 e. The molecule has 2 N–H and O–H groups in total. The minimum atomic E-state index is -0.764. The van der Waals surface area contributed by atoms with E-state index in [-0.39, 0.29) is 12.5 Å². The molecular weight excluding hydrogens is 224 g/mol. The van der Waals surface area contributed by atoms with Crippen LogP contribution in [-0.2, 0) is 4.79 Å². The van der Waals surface area contributed by atoms with Crippen molar-refractivity contribution < 1.29 is 19.8 Å². The highest BCUT2D eigenvalue weighted by atomic mass is 16.4. The Morgan fingerprint density at radius 1 is 1.47 bits per heavy atom. The summed E-state index contributed by atoms with van der Waals surface area (Å²) >= 11 is 0. The summed E-state index contributed by atoms with van der Waals surface area (Å²) in [6.07, 6.45) is 1.26. The molecule has 1 aliphatic heterocycles. The summed E-state index contributed by atoms with van der Waals surface area (Å²) in [6.45, 7) is 7.58. The Morgan fingerprint density at radius 2 is 2.00 bits per heavy atom. The maximum absolute atomic E-state index is 10.9. The van der Waals surface area contributed by atoms with Crippen LogP contribution in [0.15, 0.2) is 0 Å². The first kappa shape index (κ1) is 15.7. The van der Waals surface area contributed by atoms with Gasteiger partial charge in [-0.15, -0.1) is 0 Å². The van der Waals surface area contributed by atoms with Crippen LogP contribution in [0.2, 0.25) is 0 Å². The van der Waals surface area contributed by atoms with Gasteiger partial charge in [0.05, 0.1) is 0 Å². The van der Waals surface area contributed by atoms with Gasteiger partial charge < -0.3 is 20.0 Å². The molecule has 1 rings (SSSR count). The molecule has 1 aliphatic rings. The van der Waals surface area contributed by atoms with Gasteiger partial charge in [0.2, 0.25) is 0 Å². The van der Waals surface area contributed by atoms with Crippen molar-refractivity contribution in [3.05, 3.63) is 0 Å². The van der Waals surface area contributed by atoms with Crippen molar-refractivity contribution in [3.63, 3.8) is 0 Å². The van der Waals surface area contributed by atoms with E-state index in [0.717, 1.165) is 32.5 Å². The van der Waals surface area contributed by atoms with Gasteiger partial charge in [0.25, 0.3) is 6.47 Å². The fourth-order valence-electron chi connectivity index (χ4n) is 2.06. The molecule has 0 spiro atoms. The highest BCUT2D eigenvalue weighted by molar-refractivity contribution is 5.65. The molecule has 0 radical (unpaired) electrons. The molecule has 100 valence electrons. The van der Waals surface area contributed by atoms with Gasteiger partial charge in [-0.1, -0.05) is 13.8 Å². The summed E-state index contributed by atoms with van der Waals surface area (Å²) in [5.41, 5.74) is 0. The van der Waals surface area contributed by atoms with Gasteiger partial charge >= 0.3 is 6.09 Å². The normalized spacial score (nSPS) is 18.8. The highest BCUT2D eigenvalue weighted by Crippen LogP contribution is 2.18. The second-order valence-electron chi connectivity index (χ2n) is 3.86. The van der Waals surface area contributed by atoms with E-state index < -0.39 is 6.09 Å².